The number of nitrogens with zero attached hydrogens (tertiary/aromatic N) is 2. The van der Waals surface area contributed by atoms with Crippen molar-refractivity contribution in [2.24, 2.45) is 0 Å². The van der Waals surface area contributed by atoms with E-state index in [2.05, 4.69) is 15.5 Å². The number of furan rings is 1. The monoisotopic (exact) mass is 325 g/mol. The van der Waals surface area contributed by atoms with E-state index in [0.29, 0.717) is 29.5 Å². The maximum absolute atomic E-state index is 12.1. The average Bonchev–Trinajstić information content (AvgIpc) is 3.18. The van der Waals surface area contributed by atoms with Crippen LogP contribution in [0.3, 0.4) is 0 Å². The van der Waals surface area contributed by atoms with Crippen molar-refractivity contribution >= 4 is 11.6 Å². The van der Waals surface area contributed by atoms with Gasteiger partial charge in [-0.15, -0.1) is 0 Å². The fourth-order valence-corrected chi connectivity index (χ4v) is 2.28. The Morgan fingerprint density at radius 1 is 1.21 bits per heavy atom. The molecule has 1 amide bonds. The van der Waals surface area contributed by atoms with Crippen molar-refractivity contribution in [1.82, 2.24) is 10.1 Å². The Bertz CT molecular complexity index is 831. The number of carbonyl (C=O) groups excluding carboxylic acids is 1. The second-order valence-corrected chi connectivity index (χ2v) is 5.92. The van der Waals surface area contributed by atoms with Crippen LogP contribution in [0.5, 0.6) is 0 Å². The Labute approximate surface area is 139 Å². The first-order valence-corrected chi connectivity index (χ1v) is 7.80. The lowest BCUT2D eigenvalue weighted by Crippen LogP contribution is -2.12. The molecule has 0 spiro atoms. The van der Waals surface area contributed by atoms with Crippen molar-refractivity contribution in [3.05, 3.63) is 65.2 Å². The molecule has 0 saturated heterocycles. The van der Waals surface area contributed by atoms with E-state index in [1.807, 2.05) is 38.1 Å². The van der Waals surface area contributed by atoms with Crippen molar-refractivity contribution < 1.29 is 13.7 Å². The standard InChI is InChI=1S/C18H19N3O3/c1-11(2)18-20-16(21-24-18)10-13-4-6-14(7-5-13)19-17(22)15-8-9-23-12(15)3/h4-9,11H,10H2,1-3H3,(H,19,22). The van der Waals surface area contributed by atoms with Crippen LogP contribution in [0.2, 0.25) is 0 Å². The van der Waals surface area contributed by atoms with Gasteiger partial charge in [0, 0.05) is 18.0 Å². The van der Waals surface area contributed by atoms with Crippen LogP contribution >= 0.6 is 0 Å². The van der Waals surface area contributed by atoms with E-state index in [0.717, 1.165) is 11.3 Å². The Hall–Kier alpha value is -2.89. The number of amides is 1. The Morgan fingerprint density at radius 2 is 1.96 bits per heavy atom. The third-order valence-corrected chi connectivity index (χ3v) is 3.66. The number of carbonyl (C=O) groups is 1. The lowest BCUT2D eigenvalue weighted by atomic mass is 10.1. The largest absolute Gasteiger partial charge is 0.469 e. The highest BCUT2D eigenvalue weighted by Crippen LogP contribution is 2.17. The highest BCUT2D eigenvalue weighted by Gasteiger charge is 2.12. The molecular formula is C18H19N3O3. The molecule has 0 fully saturated rings. The highest BCUT2D eigenvalue weighted by molar-refractivity contribution is 6.04. The van der Waals surface area contributed by atoms with Crippen molar-refractivity contribution in [3.8, 4) is 0 Å². The molecule has 0 bridgehead atoms. The minimum Gasteiger partial charge on any atom is -0.469 e. The minimum absolute atomic E-state index is 0.186. The molecule has 2 aromatic heterocycles. The Kier molecular flexibility index (Phi) is 4.46. The zero-order valence-corrected chi connectivity index (χ0v) is 13.9. The van der Waals surface area contributed by atoms with E-state index in [1.165, 1.54) is 6.26 Å². The third kappa shape index (κ3) is 3.53. The molecule has 124 valence electrons. The van der Waals surface area contributed by atoms with E-state index >= 15 is 0 Å². The minimum atomic E-state index is -0.186. The zero-order valence-electron chi connectivity index (χ0n) is 13.9. The van der Waals surface area contributed by atoms with Gasteiger partial charge in [-0.2, -0.15) is 4.98 Å². The maximum atomic E-state index is 12.1. The maximum Gasteiger partial charge on any atom is 0.259 e. The number of hydrogen-bond acceptors (Lipinski definition) is 5. The van der Waals surface area contributed by atoms with Crippen LogP contribution < -0.4 is 5.32 Å². The van der Waals surface area contributed by atoms with Gasteiger partial charge in [-0.1, -0.05) is 31.1 Å². The highest BCUT2D eigenvalue weighted by atomic mass is 16.5. The summed E-state index contributed by atoms with van der Waals surface area (Å²) in [4.78, 5) is 16.5. The SMILES string of the molecule is Cc1occc1C(=O)Nc1ccc(Cc2noc(C(C)C)n2)cc1. The molecular weight excluding hydrogens is 306 g/mol. The average molecular weight is 325 g/mol. The van der Waals surface area contributed by atoms with Crippen LogP contribution in [0.15, 0.2) is 45.5 Å². The van der Waals surface area contributed by atoms with Gasteiger partial charge in [0.1, 0.15) is 5.76 Å². The van der Waals surface area contributed by atoms with E-state index in [4.69, 9.17) is 8.94 Å². The molecule has 0 atom stereocenters. The molecule has 1 aromatic carbocycles. The van der Waals surface area contributed by atoms with E-state index in [9.17, 15) is 4.79 Å². The summed E-state index contributed by atoms with van der Waals surface area (Å²) in [5, 5.41) is 6.83. The molecule has 0 saturated carbocycles. The summed E-state index contributed by atoms with van der Waals surface area (Å²) >= 11 is 0. The molecule has 3 rings (SSSR count). The Balaban J connectivity index is 1.64. The van der Waals surface area contributed by atoms with E-state index < -0.39 is 0 Å². The van der Waals surface area contributed by atoms with E-state index in [-0.39, 0.29) is 11.8 Å². The molecule has 6 heteroatoms. The third-order valence-electron chi connectivity index (χ3n) is 3.66. The van der Waals surface area contributed by atoms with Crippen molar-refractivity contribution in [2.75, 3.05) is 5.32 Å². The van der Waals surface area contributed by atoms with Gasteiger partial charge in [0.05, 0.1) is 11.8 Å². The number of hydrogen-bond donors (Lipinski definition) is 1. The zero-order chi connectivity index (χ0) is 17.1. The normalized spacial score (nSPS) is 11.0. The molecule has 6 nitrogen and oxygen atoms in total. The summed E-state index contributed by atoms with van der Waals surface area (Å²) in [6.45, 7) is 5.78. The number of aromatic nitrogens is 2. The smallest absolute Gasteiger partial charge is 0.259 e. The van der Waals surface area contributed by atoms with Gasteiger partial charge in [0.15, 0.2) is 5.82 Å². The fourth-order valence-electron chi connectivity index (χ4n) is 2.28. The van der Waals surface area contributed by atoms with Gasteiger partial charge in [0.2, 0.25) is 5.89 Å². The van der Waals surface area contributed by atoms with Crippen molar-refractivity contribution in [1.29, 1.82) is 0 Å². The number of anilines is 1. The van der Waals surface area contributed by atoms with Crippen LogP contribution in [0.1, 0.15) is 53.2 Å². The van der Waals surface area contributed by atoms with Crippen LogP contribution in [-0.2, 0) is 6.42 Å². The molecule has 0 radical (unpaired) electrons. The van der Waals surface area contributed by atoms with Crippen LogP contribution in [-0.4, -0.2) is 16.0 Å². The number of nitrogens with one attached hydrogen (secondary N) is 1. The first-order valence-electron chi connectivity index (χ1n) is 7.80. The van der Waals surface area contributed by atoms with Gasteiger partial charge < -0.3 is 14.3 Å². The second kappa shape index (κ2) is 6.70. The molecule has 0 aliphatic heterocycles. The Morgan fingerprint density at radius 3 is 2.54 bits per heavy atom. The lowest BCUT2D eigenvalue weighted by Gasteiger charge is -2.05. The van der Waals surface area contributed by atoms with Crippen LogP contribution in [0.25, 0.3) is 0 Å². The summed E-state index contributed by atoms with van der Waals surface area (Å²) in [6, 6.07) is 9.23. The van der Waals surface area contributed by atoms with Gasteiger partial charge in [-0.3, -0.25) is 4.79 Å². The van der Waals surface area contributed by atoms with Crippen LogP contribution in [0, 0.1) is 6.92 Å². The van der Waals surface area contributed by atoms with Gasteiger partial charge in [-0.05, 0) is 30.7 Å². The quantitative estimate of drug-likeness (QED) is 0.768. The van der Waals surface area contributed by atoms with Crippen molar-refractivity contribution in [3.63, 3.8) is 0 Å². The molecule has 3 aromatic rings. The summed E-state index contributed by atoms with van der Waals surface area (Å²) in [7, 11) is 0. The summed E-state index contributed by atoms with van der Waals surface area (Å²) in [6.07, 6.45) is 2.09. The van der Waals surface area contributed by atoms with Gasteiger partial charge in [-0.25, -0.2) is 0 Å². The van der Waals surface area contributed by atoms with Crippen molar-refractivity contribution in [2.45, 2.75) is 33.1 Å². The first-order chi connectivity index (χ1) is 11.5. The van der Waals surface area contributed by atoms with Crippen LogP contribution in [0.4, 0.5) is 5.69 Å². The lowest BCUT2D eigenvalue weighted by molar-refractivity contribution is 0.102. The van der Waals surface area contributed by atoms with Gasteiger partial charge in [0.25, 0.3) is 5.91 Å². The second-order valence-electron chi connectivity index (χ2n) is 5.92. The fraction of sp³-hybridized carbons (Fsp3) is 0.278. The number of rotatable bonds is 5. The summed E-state index contributed by atoms with van der Waals surface area (Å²) in [5.41, 5.74) is 2.30. The topological polar surface area (TPSA) is 81.2 Å². The molecule has 0 unspecified atom stereocenters. The number of benzene rings is 1. The predicted octanol–water partition coefficient (Wildman–Crippen LogP) is 3.94. The van der Waals surface area contributed by atoms with E-state index in [1.54, 1.807) is 13.0 Å². The summed E-state index contributed by atoms with van der Waals surface area (Å²) in [5.74, 6) is 1.93. The first kappa shape index (κ1) is 16.0. The molecule has 0 aliphatic rings. The predicted molar refractivity (Wildman–Crippen MR) is 89.0 cm³/mol. The molecule has 1 N–H and O–H groups in total. The molecule has 24 heavy (non-hydrogen) atoms. The number of aryl methyl sites for hydroxylation is 1. The van der Waals surface area contributed by atoms with Gasteiger partial charge >= 0.3 is 0 Å². The summed E-state index contributed by atoms with van der Waals surface area (Å²) < 4.78 is 10.3. The molecule has 2 heterocycles. The molecule has 0 aliphatic carbocycles.